The van der Waals surface area contributed by atoms with E-state index in [2.05, 4.69) is 15.2 Å². The summed E-state index contributed by atoms with van der Waals surface area (Å²) in [6, 6.07) is 7.40. The summed E-state index contributed by atoms with van der Waals surface area (Å²) >= 11 is 12.4. The summed E-state index contributed by atoms with van der Waals surface area (Å²) in [6.07, 6.45) is 3.66. The monoisotopic (exact) mass is 306 g/mol. The van der Waals surface area contributed by atoms with Gasteiger partial charge in [0, 0.05) is 28.0 Å². The molecule has 102 valence electrons. The molecule has 20 heavy (non-hydrogen) atoms. The first kappa shape index (κ1) is 13.2. The molecule has 0 aliphatic rings. The van der Waals surface area contributed by atoms with E-state index in [0.717, 1.165) is 22.8 Å². The minimum atomic E-state index is 0.589. The molecule has 3 aromatic rings. The van der Waals surface area contributed by atoms with E-state index in [1.807, 2.05) is 42.0 Å². The van der Waals surface area contributed by atoms with Crippen LogP contribution in [0.1, 0.15) is 11.4 Å². The molecule has 0 spiro atoms. The third-order valence-corrected chi connectivity index (χ3v) is 3.85. The highest BCUT2D eigenvalue weighted by Gasteiger charge is 2.11. The lowest BCUT2D eigenvalue weighted by molar-refractivity contribution is 0.762. The third-order valence-electron chi connectivity index (χ3n) is 3.14. The summed E-state index contributed by atoms with van der Waals surface area (Å²) < 4.78 is 2.02. The van der Waals surface area contributed by atoms with E-state index >= 15 is 0 Å². The van der Waals surface area contributed by atoms with Crippen LogP contribution in [0.2, 0.25) is 10.0 Å². The molecular weight excluding hydrogens is 295 g/mol. The second-order valence-corrected chi connectivity index (χ2v) is 5.29. The fourth-order valence-corrected chi connectivity index (χ4v) is 2.57. The Hall–Kier alpha value is -1.78. The van der Waals surface area contributed by atoms with Gasteiger partial charge in [-0.2, -0.15) is 5.10 Å². The molecule has 0 aliphatic heterocycles. The van der Waals surface area contributed by atoms with Crippen molar-refractivity contribution in [2.45, 2.75) is 13.5 Å². The molecule has 0 saturated carbocycles. The zero-order chi connectivity index (χ0) is 14.1. The van der Waals surface area contributed by atoms with Gasteiger partial charge in [-0.3, -0.25) is 5.10 Å². The summed E-state index contributed by atoms with van der Waals surface area (Å²) in [4.78, 5) is 4.51. The molecule has 1 N–H and O–H groups in total. The predicted molar refractivity (Wildman–Crippen MR) is 80.1 cm³/mol. The Balaban J connectivity index is 1.96. The van der Waals surface area contributed by atoms with Gasteiger partial charge in [0.2, 0.25) is 0 Å². The van der Waals surface area contributed by atoms with Crippen molar-refractivity contribution >= 4 is 23.2 Å². The Bertz CT molecular complexity index is 711. The fraction of sp³-hybridized carbons (Fsp3) is 0.143. The van der Waals surface area contributed by atoms with Gasteiger partial charge in [-0.05, 0) is 25.1 Å². The summed E-state index contributed by atoms with van der Waals surface area (Å²) in [5, 5.41) is 8.16. The van der Waals surface area contributed by atoms with E-state index < -0.39 is 0 Å². The summed E-state index contributed by atoms with van der Waals surface area (Å²) in [5.41, 5.74) is 2.63. The average molecular weight is 307 g/mol. The molecule has 0 fully saturated rings. The smallest absolute Gasteiger partial charge is 0.106 e. The number of H-pyrrole nitrogens is 1. The number of nitrogens with one attached hydrogen (secondary N) is 1. The molecule has 0 unspecified atom stereocenters. The number of aromatic nitrogens is 4. The molecule has 0 saturated heterocycles. The second-order valence-electron chi connectivity index (χ2n) is 4.47. The van der Waals surface area contributed by atoms with Crippen LogP contribution >= 0.6 is 23.2 Å². The van der Waals surface area contributed by atoms with E-state index in [1.165, 1.54) is 0 Å². The van der Waals surface area contributed by atoms with E-state index in [9.17, 15) is 0 Å². The van der Waals surface area contributed by atoms with Gasteiger partial charge in [0.1, 0.15) is 11.5 Å². The molecule has 0 bridgehead atoms. The predicted octanol–water partition coefficient (Wildman–Crippen LogP) is 3.94. The van der Waals surface area contributed by atoms with Crippen LogP contribution in [0.4, 0.5) is 0 Å². The Morgan fingerprint density at radius 3 is 2.60 bits per heavy atom. The lowest BCUT2D eigenvalue weighted by Crippen LogP contribution is -2.02. The maximum absolute atomic E-state index is 6.20. The molecule has 2 heterocycles. The topological polar surface area (TPSA) is 46.5 Å². The molecular formula is C14H12Cl2N4. The summed E-state index contributed by atoms with van der Waals surface area (Å²) in [7, 11) is 0. The standard InChI is InChI=1S/C14H12Cl2N4/c1-9-18-14(13-5-6-17-19-13)8-20(9)7-10-11(15)3-2-4-12(10)16/h2-6,8H,7H2,1H3,(H,17,19). The van der Waals surface area contributed by atoms with E-state index in [-0.39, 0.29) is 0 Å². The van der Waals surface area contributed by atoms with Gasteiger partial charge in [0.05, 0.1) is 12.2 Å². The number of nitrogens with zero attached hydrogens (tertiary/aromatic N) is 3. The van der Waals surface area contributed by atoms with Crippen LogP contribution in [0.25, 0.3) is 11.4 Å². The first-order valence-electron chi connectivity index (χ1n) is 6.11. The SMILES string of the molecule is Cc1nc(-c2ccn[nH]2)cn1Cc1c(Cl)cccc1Cl. The van der Waals surface area contributed by atoms with Crippen LogP contribution in [-0.4, -0.2) is 19.7 Å². The molecule has 1 aromatic carbocycles. The van der Waals surface area contributed by atoms with Crippen molar-refractivity contribution in [3.63, 3.8) is 0 Å². The number of hydrogen-bond donors (Lipinski definition) is 1. The van der Waals surface area contributed by atoms with Gasteiger partial charge in [0.15, 0.2) is 0 Å². The Labute approximate surface area is 126 Å². The van der Waals surface area contributed by atoms with Gasteiger partial charge in [-0.25, -0.2) is 4.98 Å². The minimum Gasteiger partial charge on any atom is -0.330 e. The Morgan fingerprint density at radius 1 is 1.20 bits per heavy atom. The number of imidazole rings is 1. The molecule has 0 aliphatic carbocycles. The first-order chi connectivity index (χ1) is 9.65. The van der Waals surface area contributed by atoms with Crippen molar-refractivity contribution in [1.82, 2.24) is 19.7 Å². The van der Waals surface area contributed by atoms with Crippen molar-refractivity contribution < 1.29 is 0 Å². The van der Waals surface area contributed by atoms with Gasteiger partial charge >= 0.3 is 0 Å². The maximum atomic E-state index is 6.20. The highest BCUT2D eigenvalue weighted by Crippen LogP contribution is 2.26. The van der Waals surface area contributed by atoms with Crippen LogP contribution in [0.5, 0.6) is 0 Å². The van der Waals surface area contributed by atoms with Crippen LogP contribution in [0, 0.1) is 6.92 Å². The van der Waals surface area contributed by atoms with Crippen molar-refractivity contribution in [3.8, 4) is 11.4 Å². The number of aromatic amines is 1. The van der Waals surface area contributed by atoms with Crippen LogP contribution < -0.4 is 0 Å². The number of hydrogen-bond acceptors (Lipinski definition) is 2. The molecule has 0 amide bonds. The van der Waals surface area contributed by atoms with E-state index in [4.69, 9.17) is 23.2 Å². The molecule has 4 nitrogen and oxygen atoms in total. The van der Waals surface area contributed by atoms with E-state index in [1.54, 1.807) is 6.20 Å². The summed E-state index contributed by atoms with van der Waals surface area (Å²) in [6.45, 7) is 2.54. The van der Waals surface area contributed by atoms with Crippen LogP contribution in [-0.2, 0) is 6.54 Å². The first-order valence-corrected chi connectivity index (χ1v) is 6.87. The zero-order valence-electron chi connectivity index (χ0n) is 10.8. The lowest BCUT2D eigenvalue weighted by atomic mass is 10.2. The summed E-state index contributed by atoms with van der Waals surface area (Å²) in [5.74, 6) is 0.894. The lowest BCUT2D eigenvalue weighted by Gasteiger charge is -2.08. The van der Waals surface area contributed by atoms with Crippen molar-refractivity contribution in [2.24, 2.45) is 0 Å². The van der Waals surface area contributed by atoms with Crippen LogP contribution in [0.3, 0.4) is 0 Å². The maximum Gasteiger partial charge on any atom is 0.106 e. The molecule has 0 radical (unpaired) electrons. The molecule has 3 rings (SSSR count). The normalized spacial score (nSPS) is 10.9. The largest absolute Gasteiger partial charge is 0.330 e. The Morgan fingerprint density at radius 2 is 1.95 bits per heavy atom. The van der Waals surface area contributed by atoms with Gasteiger partial charge in [-0.1, -0.05) is 29.3 Å². The Kier molecular flexibility index (Phi) is 3.51. The average Bonchev–Trinajstić information content (AvgIpc) is 3.04. The van der Waals surface area contributed by atoms with Crippen molar-refractivity contribution in [3.05, 3.63) is 58.1 Å². The molecule has 6 heteroatoms. The van der Waals surface area contributed by atoms with Crippen LogP contribution in [0.15, 0.2) is 36.7 Å². The minimum absolute atomic E-state index is 0.589. The zero-order valence-corrected chi connectivity index (χ0v) is 12.3. The highest BCUT2D eigenvalue weighted by atomic mass is 35.5. The quantitative estimate of drug-likeness (QED) is 0.796. The number of rotatable bonds is 3. The molecule has 0 atom stereocenters. The third kappa shape index (κ3) is 2.44. The van der Waals surface area contributed by atoms with Gasteiger partial charge < -0.3 is 4.57 Å². The van der Waals surface area contributed by atoms with Gasteiger partial charge in [0.25, 0.3) is 0 Å². The van der Waals surface area contributed by atoms with Crippen molar-refractivity contribution in [1.29, 1.82) is 0 Å². The van der Waals surface area contributed by atoms with Gasteiger partial charge in [-0.15, -0.1) is 0 Å². The number of aryl methyl sites for hydroxylation is 1. The molecule has 2 aromatic heterocycles. The highest BCUT2D eigenvalue weighted by molar-refractivity contribution is 6.35. The fourth-order valence-electron chi connectivity index (χ4n) is 2.05. The number of benzene rings is 1. The van der Waals surface area contributed by atoms with Crippen molar-refractivity contribution in [2.75, 3.05) is 0 Å². The second kappa shape index (κ2) is 5.31. The van der Waals surface area contributed by atoms with E-state index in [0.29, 0.717) is 16.6 Å². The number of halogens is 2.